The van der Waals surface area contributed by atoms with Crippen LogP contribution >= 0.6 is 0 Å². The summed E-state index contributed by atoms with van der Waals surface area (Å²) >= 11 is 0. The first-order valence-electron chi connectivity index (χ1n) is 12.8. The van der Waals surface area contributed by atoms with E-state index in [0.717, 1.165) is 59.7 Å². The summed E-state index contributed by atoms with van der Waals surface area (Å²) in [6.45, 7) is 8.26. The standard InChI is InChI=1S/C26H32N8O3/c1-17-14-18(2)29-25(28-17)33-9-6-26(7-10-33)24(35)34(11-8-27-26)16-20-23(31-32(3)30-20)19-4-5-21-22(15-19)37-13-12-36-21/h4-5,14-15,27H,6-13,16H2,1-3H3. The molecule has 0 bridgehead atoms. The third-order valence-corrected chi connectivity index (χ3v) is 7.35. The third-order valence-electron chi connectivity index (χ3n) is 7.35. The number of aromatic nitrogens is 5. The molecule has 194 valence electrons. The van der Waals surface area contributed by atoms with Gasteiger partial charge in [0.15, 0.2) is 11.5 Å². The van der Waals surface area contributed by atoms with E-state index in [1.165, 1.54) is 0 Å². The number of anilines is 1. The summed E-state index contributed by atoms with van der Waals surface area (Å²) in [5, 5.41) is 12.8. The van der Waals surface area contributed by atoms with Gasteiger partial charge in [-0.3, -0.25) is 4.79 Å². The molecule has 0 atom stereocenters. The zero-order chi connectivity index (χ0) is 25.6. The average Bonchev–Trinajstić information content (AvgIpc) is 3.26. The number of amides is 1. The summed E-state index contributed by atoms with van der Waals surface area (Å²) in [6.07, 6.45) is 1.41. The van der Waals surface area contributed by atoms with Gasteiger partial charge in [0.1, 0.15) is 30.1 Å². The van der Waals surface area contributed by atoms with E-state index in [4.69, 9.17) is 9.47 Å². The maximum absolute atomic E-state index is 13.8. The van der Waals surface area contributed by atoms with Crippen LogP contribution in [0.25, 0.3) is 11.3 Å². The number of hydrogen-bond donors (Lipinski definition) is 1. The Balaban J connectivity index is 1.19. The number of piperidine rings is 1. The highest BCUT2D eigenvalue weighted by atomic mass is 16.6. The number of nitrogens with one attached hydrogen (secondary N) is 1. The maximum Gasteiger partial charge on any atom is 0.243 e. The summed E-state index contributed by atoms with van der Waals surface area (Å²) in [5.41, 5.74) is 3.75. The van der Waals surface area contributed by atoms with E-state index in [1.807, 2.05) is 43.0 Å². The molecule has 0 radical (unpaired) electrons. The molecular formula is C26H32N8O3. The quantitative estimate of drug-likeness (QED) is 0.567. The molecule has 1 N–H and O–H groups in total. The van der Waals surface area contributed by atoms with Crippen LogP contribution in [0.2, 0.25) is 0 Å². The average molecular weight is 505 g/mol. The van der Waals surface area contributed by atoms with Gasteiger partial charge in [0, 0.05) is 50.2 Å². The molecule has 0 aliphatic carbocycles. The van der Waals surface area contributed by atoms with Crippen LogP contribution in [0.15, 0.2) is 24.3 Å². The Morgan fingerprint density at radius 2 is 1.70 bits per heavy atom. The maximum atomic E-state index is 13.8. The van der Waals surface area contributed by atoms with Gasteiger partial charge in [-0.05, 0) is 51.0 Å². The second-order valence-electron chi connectivity index (χ2n) is 10.0. The van der Waals surface area contributed by atoms with E-state index in [2.05, 4.69) is 30.4 Å². The van der Waals surface area contributed by atoms with Gasteiger partial charge >= 0.3 is 0 Å². The highest BCUT2D eigenvalue weighted by molar-refractivity contribution is 5.87. The molecule has 0 unspecified atom stereocenters. The first-order valence-corrected chi connectivity index (χ1v) is 12.8. The number of fused-ring (bicyclic) bond motifs is 1. The van der Waals surface area contributed by atoms with Crippen LogP contribution in [0.4, 0.5) is 5.95 Å². The summed E-state index contributed by atoms with van der Waals surface area (Å²) in [5.74, 6) is 2.31. The van der Waals surface area contributed by atoms with Gasteiger partial charge in [-0.1, -0.05) is 0 Å². The van der Waals surface area contributed by atoms with Crippen molar-refractivity contribution >= 4 is 11.9 Å². The van der Waals surface area contributed by atoms with Gasteiger partial charge in [0.25, 0.3) is 0 Å². The largest absolute Gasteiger partial charge is 0.486 e. The van der Waals surface area contributed by atoms with Crippen LogP contribution in [-0.4, -0.2) is 80.7 Å². The van der Waals surface area contributed by atoms with E-state index in [-0.39, 0.29) is 5.91 Å². The van der Waals surface area contributed by atoms with Gasteiger partial charge in [0.2, 0.25) is 11.9 Å². The predicted octanol–water partition coefficient (Wildman–Crippen LogP) is 1.63. The molecule has 1 aromatic carbocycles. The zero-order valence-electron chi connectivity index (χ0n) is 21.5. The molecule has 0 saturated carbocycles. The van der Waals surface area contributed by atoms with Crippen LogP contribution in [0.5, 0.6) is 11.5 Å². The molecule has 1 spiro atoms. The Kier molecular flexibility index (Phi) is 5.94. The van der Waals surface area contributed by atoms with Gasteiger partial charge < -0.3 is 24.6 Å². The van der Waals surface area contributed by atoms with Crippen molar-refractivity contribution in [2.75, 3.05) is 44.3 Å². The topological polar surface area (TPSA) is 111 Å². The minimum absolute atomic E-state index is 0.124. The normalized spacial score (nSPS) is 18.9. The Bertz CT molecular complexity index is 1310. The molecule has 2 saturated heterocycles. The molecule has 11 nitrogen and oxygen atoms in total. The number of carbonyl (C=O) groups is 1. The molecule has 1 amide bonds. The highest BCUT2D eigenvalue weighted by Gasteiger charge is 2.46. The fourth-order valence-corrected chi connectivity index (χ4v) is 5.54. The predicted molar refractivity (Wildman–Crippen MR) is 137 cm³/mol. The number of ether oxygens (including phenoxy) is 2. The van der Waals surface area contributed by atoms with Gasteiger partial charge in [-0.15, -0.1) is 0 Å². The van der Waals surface area contributed by atoms with Gasteiger partial charge in [-0.2, -0.15) is 15.0 Å². The number of nitrogens with zero attached hydrogens (tertiary/aromatic N) is 7. The molecule has 6 rings (SSSR count). The molecule has 3 aliphatic heterocycles. The van der Waals surface area contributed by atoms with Crippen molar-refractivity contribution < 1.29 is 14.3 Å². The van der Waals surface area contributed by atoms with Crippen molar-refractivity contribution in [3.05, 3.63) is 41.3 Å². The summed E-state index contributed by atoms with van der Waals surface area (Å²) < 4.78 is 11.4. The van der Waals surface area contributed by atoms with E-state index in [9.17, 15) is 4.79 Å². The van der Waals surface area contributed by atoms with Crippen molar-refractivity contribution in [3.8, 4) is 22.8 Å². The lowest BCUT2D eigenvalue weighted by Crippen LogP contribution is -2.67. The molecule has 2 fully saturated rings. The number of piperazine rings is 1. The molecular weight excluding hydrogens is 472 g/mol. The summed E-state index contributed by atoms with van der Waals surface area (Å²) in [6, 6.07) is 7.78. The van der Waals surface area contributed by atoms with Gasteiger partial charge in [0.05, 0.1) is 6.54 Å². The highest BCUT2D eigenvalue weighted by Crippen LogP contribution is 2.35. The minimum Gasteiger partial charge on any atom is -0.486 e. The van der Waals surface area contributed by atoms with Crippen LogP contribution in [-0.2, 0) is 18.4 Å². The number of aryl methyl sites for hydroxylation is 3. The minimum atomic E-state index is -0.576. The van der Waals surface area contributed by atoms with Crippen molar-refractivity contribution in [1.29, 1.82) is 0 Å². The molecule has 5 heterocycles. The lowest BCUT2D eigenvalue weighted by Gasteiger charge is -2.46. The molecule has 3 aliphatic rings. The molecule has 11 heteroatoms. The first kappa shape index (κ1) is 23.7. The number of rotatable bonds is 4. The fraction of sp³-hybridized carbons (Fsp3) is 0.500. The van der Waals surface area contributed by atoms with Crippen LogP contribution in [0.3, 0.4) is 0 Å². The van der Waals surface area contributed by atoms with E-state index in [1.54, 1.807) is 11.8 Å². The van der Waals surface area contributed by atoms with Crippen LogP contribution in [0, 0.1) is 13.8 Å². The zero-order valence-corrected chi connectivity index (χ0v) is 21.5. The van der Waals surface area contributed by atoms with E-state index < -0.39 is 5.54 Å². The summed E-state index contributed by atoms with van der Waals surface area (Å²) in [4.78, 5) is 28.7. The smallest absolute Gasteiger partial charge is 0.243 e. The lowest BCUT2D eigenvalue weighted by atomic mass is 9.84. The number of hydrogen-bond acceptors (Lipinski definition) is 9. The third kappa shape index (κ3) is 4.48. The number of carbonyl (C=O) groups excluding carboxylic acids is 1. The second-order valence-corrected chi connectivity index (χ2v) is 10.0. The van der Waals surface area contributed by atoms with E-state index >= 15 is 0 Å². The Morgan fingerprint density at radius 1 is 0.973 bits per heavy atom. The summed E-state index contributed by atoms with van der Waals surface area (Å²) in [7, 11) is 1.80. The molecule has 37 heavy (non-hydrogen) atoms. The van der Waals surface area contributed by atoms with Crippen LogP contribution in [0.1, 0.15) is 29.9 Å². The van der Waals surface area contributed by atoms with Crippen molar-refractivity contribution in [2.45, 2.75) is 38.8 Å². The van der Waals surface area contributed by atoms with Crippen molar-refractivity contribution in [3.63, 3.8) is 0 Å². The van der Waals surface area contributed by atoms with Crippen molar-refractivity contribution in [1.82, 2.24) is 35.2 Å². The lowest BCUT2D eigenvalue weighted by molar-refractivity contribution is -0.143. The SMILES string of the molecule is Cc1cc(C)nc(N2CCC3(CC2)NCCN(Cc2nn(C)nc2-c2ccc4c(c2)OCCO4)C3=O)n1. The Hall–Kier alpha value is -3.73. The second kappa shape index (κ2) is 9.29. The fourth-order valence-electron chi connectivity index (χ4n) is 5.54. The Labute approximate surface area is 215 Å². The van der Waals surface area contributed by atoms with E-state index in [0.29, 0.717) is 44.9 Å². The van der Waals surface area contributed by atoms with Crippen LogP contribution < -0.4 is 19.7 Å². The molecule has 2 aromatic heterocycles. The first-order chi connectivity index (χ1) is 17.9. The van der Waals surface area contributed by atoms with Gasteiger partial charge in [-0.25, -0.2) is 9.97 Å². The van der Waals surface area contributed by atoms with Crippen molar-refractivity contribution in [2.24, 2.45) is 7.05 Å². The number of benzene rings is 1. The Morgan fingerprint density at radius 3 is 2.46 bits per heavy atom. The monoisotopic (exact) mass is 504 g/mol. The molecule has 3 aromatic rings.